The summed E-state index contributed by atoms with van der Waals surface area (Å²) in [5.41, 5.74) is 0.526. The number of halogens is 3. The first-order chi connectivity index (χ1) is 13.3. The van der Waals surface area contributed by atoms with Gasteiger partial charge in [0.2, 0.25) is 5.96 Å². The van der Waals surface area contributed by atoms with E-state index in [1.165, 1.54) is 11.3 Å². The van der Waals surface area contributed by atoms with Gasteiger partial charge in [-0.1, -0.05) is 0 Å². The van der Waals surface area contributed by atoms with Gasteiger partial charge >= 0.3 is 0 Å². The lowest BCUT2D eigenvalue weighted by molar-refractivity contribution is 0.488. The lowest BCUT2D eigenvalue weighted by Gasteiger charge is -2.23. The molecule has 0 unspecified atom stereocenters. The van der Waals surface area contributed by atoms with Crippen molar-refractivity contribution in [1.82, 2.24) is 10.3 Å². The molecule has 0 spiro atoms. The smallest absolute Gasteiger partial charge is 0.217 e. The summed E-state index contributed by atoms with van der Waals surface area (Å²) in [7, 11) is 0. The third-order valence-electron chi connectivity index (χ3n) is 4.05. The van der Waals surface area contributed by atoms with Crippen LogP contribution in [0.15, 0.2) is 29.3 Å². The topological polar surface area (TPSA) is 67.2 Å². The Morgan fingerprint density at radius 1 is 1.32 bits per heavy atom. The second-order valence-corrected chi connectivity index (χ2v) is 7.46. The molecule has 0 radical (unpaired) electrons. The van der Waals surface area contributed by atoms with Crippen LogP contribution in [0.25, 0.3) is 10.2 Å². The molecule has 0 aliphatic heterocycles. The summed E-state index contributed by atoms with van der Waals surface area (Å²) in [6.07, 6.45) is 1.72. The number of guanidine groups is 1. The predicted molar refractivity (Wildman–Crippen MR) is 107 cm³/mol. The summed E-state index contributed by atoms with van der Waals surface area (Å²) in [4.78, 5) is 8.60. The molecule has 144 valence electrons. The Morgan fingerprint density at radius 3 is 2.75 bits per heavy atom. The van der Waals surface area contributed by atoms with Crippen molar-refractivity contribution in [3.63, 3.8) is 0 Å². The fraction of sp³-hybridized carbons (Fsp3) is 0.167. The number of benzene rings is 2. The number of nitrogens with zero attached hydrogens (tertiary/aromatic N) is 3. The number of nitrogens with one attached hydrogen (secondary N) is 2. The predicted octanol–water partition coefficient (Wildman–Crippen LogP) is 5.27. The van der Waals surface area contributed by atoms with E-state index in [1.54, 1.807) is 24.1 Å². The first kappa shape index (κ1) is 19.9. The minimum absolute atomic E-state index is 0.0648. The van der Waals surface area contributed by atoms with Gasteiger partial charge in [0.15, 0.2) is 21.8 Å². The zero-order valence-electron chi connectivity index (χ0n) is 14.8. The molecule has 0 bridgehead atoms. The summed E-state index contributed by atoms with van der Waals surface area (Å²) in [5.74, 6) is -3.59. The van der Waals surface area contributed by atoms with Crippen molar-refractivity contribution in [3.8, 4) is 6.19 Å². The molecule has 10 heteroatoms. The molecule has 1 heterocycles. The Kier molecular flexibility index (Phi) is 5.67. The lowest BCUT2D eigenvalue weighted by atomic mass is 10.2. The van der Waals surface area contributed by atoms with E-state index in [0.29, 0.717) is 16.2 Å². The maximum Gasteiger partial charge on any atom is 0.217 e. The molecule has 2 aromatic carbocycles. The fourth-order valence-corrected chi connectivity index (χ4v) is 3.78. The largest absolute Gasteiger partial charge is 0.337 e. The molecule has 28 heavy (non-hydrogen) atoms. The standard InChI is InChI=1S/C18H14F3N5S2/c1-3-26(10-4-5-12-14(6-10)28-18(27)25-12)17(23-8-22)24-13-7-11(19)9(2)15(20)16(13)21/h4-7H,3H2,1-2H3,(H,23,24)(H,25,27). The maximum absolute atomic E-state index is 14.2. The van der Waals surface area contributed by atoms with Crippen LogP contribution in [0.2, 0.25) is 0 Å². The molecule has 3 aromatic rings. The molecule has 0 saturated carbocycles. The average molecular weight is 421 g/mol. The first-order valence-corrected chi connectivity index (χ1v) is 9.36. The number of rotatable bonds is 3. The average Bonchev–Trinajstić information content (AvgIpc) is 3.04. The Labute approximate surface area is 167 Å². The third-order valence-corrected chi connectivity index (χ3v) is 5.25. The van der Waals surface area contributed by atoms with Gasteiger partial charge in [0.1, 0.15) is 11.5 Å². The molecule has 1 aromatic heterocycles. The van der Waals surface area contributed by atoms with Crippen molar-refractivity contribution in [1.29, 1.82) is 5.26 Å². The zero-order valence-corrected chi connectivity index (χ0v) is 16.4. The maximum atomic E-state index is 14.2. The Balaban J connectivity index is 2.12. The van der Waals surface area contributed by atoms with Gasteiger partial charge in [-0.3, -0.25) is 5.32 Å². The van der Waals surface area contributed by atoms with Gasteiger partial charge in [0.25, 0.3) is 0 Å². The molecular formula is C18H14F3N5S2. The SMILES string of the molecule is CCN(C(=Nc1cc(F)c(C)c(F)c1F)NC#N)c1ccc2[nH]c(=S)sc2c1. The number of thiazole rings is 1. The van der Waals surface area contributed by atoms with Gasteiger partial charge in [-0.15, -0.1) is 11.3 Å². The molecule has 0 amide bonds. The van der Waals surface area contributed by atoms with Crippen molar-refractivity contribution < 1.29 is 13.2 Å². The van der Waals surface area contributed by atoms with E-state index in [-0.39, 0.29) is 5.96 Å². The number of aromatic amines is 1. The molecule has 0 atom stereocenters. The van der Waals surface area contributed by atoms with E-state index in [9.17, 15) is 13.2 Å². The Morgan fingerprint density at radius 2 is 2.07 bits per heavy atom. The molecule has 0 fully saturated rings. The summed E-state index contributed by atoms with van der Waals surface area (Å²) < 4.78 is 43.5. The van der Waals surface area contributed by atoms with Crippen LogP contribution >= 0.6 is 23.6 Å². The number of H-pyrrole nitrogens is 1. The summed E-state index contributed by atoms with van der Waals surface area (Å²) in [6.45, 7) is 3.28. The number of anilines is 1. The van der Waals surface area contributed by atoms with Crippen LogP contribution in [0.5, 0.6) is 0 Å². The number of aromatic nitrogens is 1. The summed E-state index contributed by atoms with van der Waals surface area (Å²) >= 11 is 6.52. The molecule has 0 aliphatic carbocycles. The highest BCUT2D eigenvalue weighted by molar-refractivity contribution is 7.73. The third kappa shape index (κ3) is 3.72. The van der Waals surface area contributed by atoms with Crippen LogP contribution in [0.4, 0.5) is 24.5 Å². The van der Waals surface area contributed by atoms with Gasteiger partial charge < -0.3 is 9.88 Å². The molecule has 3 rings (SSSR count). The second kappa shape index (κ2) is 8.00. The van der Waals surface area contributed by atoms with Gasteiger partial charge in [0.05, 0.1) is 10.2 Å². The van der Waals surface area contributed by atoms with E-state index in [4.69, 9.17) is 17.5 Å². The van der Waals surface area contributed by atoms with Crippen LogP contribution in [0.3, 0.4) is 0 Å². The molecular weight excluding hydrogens is 407 g/mol. The van der Waals surface area contributed by atoms with Crippen molar-refractivity contribution in [2.75, 3.05) is 11.4 Å². The van der Waals surface area contributed by atoms with Crippen LogP contribution in [-0.2, 0) is 0 Å². The Bertz CT molecular complexity index is 1180. The lowest BCUT2D eigenvalue weighted by Crippen LogP contribution is -2.39. The van der Waals surface area contributed by atoms with Gasteiger partial charge in [-0.05, 0) is 44.3 Å². The fourth-order valence-electron chi connectivity index (χ4n) is 2.63. The molecule has 0 aliphatic rings. The number of hydrogen-bond acceptors (Lipinski definition) is 4. The minimum atomic E-state index is -1.31. The van der Waals surface area contributed by atoms with Crippen molar-refractivity contribution in [3.05, 3.63) is 51.2 Å². The van der Waals surface area contributed by atoms with E-state index in [2.05, 4.69) is 15.3 Å². The zero-order chi connectivity index (χ0) is 20.4. The second-order valence-electron chi connectivity index (χ2n) is 5.74. The molecule has 5 nitrogen and oxygen atoms in total. The van der Waals surface area contributed by atoms with Crippen LogP contribution in [0.1, 0.15) is 12.5 Å². The number of fused-ring (bicyclic) bond motifs is 1. The molecule has 0 saturated heterocycles. The van der Waals surface area contributed by atoms with Crippen LogP contribution < -0.4 is 10.2 Å². The Hall–Kier alpha value is -2.90. The van der Waals surface area contributed by atoms with Crippen molar-refractivity contribution in [2.24, 2.45) is 4.99 Å². The van der Waals surface area contributed by atoms with Gasteiger partial charge in [0, 0.05) is 23.9 Å². The highest BCUT2D eigenvalue weighted by atomic mass is 32.1. The normalized spacial score (nSPS) is 11.5. The monoisotopic (exact) mass is 421 g/mol. The van der Waals surface area contributed by atoms with E-state index < -0.39 is 28.7 Å². The quantitative estimate of drug-likeness (QED) is 0.151. The minimum Gasteiger partial charge on any atom is -0.337 e. The summed E-state index contributed by atoms with van der Waals surface area (Å²) in [5, 5.41) is 11.4. The van der Waals surface area contributed by atoms with Crippen molar-refractivity contribution in [2.45, 2.75) is 13.8 Å². The van der Waals surface area contributed by atoms with Gasteiger partial charge in [-0.2, -0.15) is 5.26 Å². The van der Waals surface area contributed by atoms with Gasteiger partial charge in [-0.25, -0.2) is 18.2 Å². The number of hydrogen-bond donors (Lipinski definition) is 2. The van der Waals surface area contributed by atoms with E-state index in [1.807, 2.05) is 12.1 Å². The van der Waals surface area contributed by atoms with E-state index >= 15 is 0 Å². The first-order valence-electron chi connectivity index (χ1n) is 8.14. The number of aliphatic imine (C=N–C) groups is 1. The van der Waals surface area contributed by atoms with Crippen molar-refractivity contribution >= 4 is 51.1 Å². The van der Waals surface area contributed by atoms with Crippen LogP contribution in [0, 0.1) is 39.8 Å². The number of nitriles is 1. The highest BCUT2D eigenvalue weighted by Crippen LogP contribution is 2.28. The van der Waals surface area contributed by atoms with Crippen LogP contribution in [-0.4, -0.2) is 17.5 Å². The van der Waals surface area contributed by atoms with E-state index in [0.717, 1.165) is 23.2 Å². The summed E-state index contributed by atoms with van der Waals surface area (Å²) in [6, 6.07) is 6.21. The highest BCUT2D eigenvalue weighted by Gasteiger charge is 2.19. The molecule has 2 N–H and O–H groups in total.